The largest absolute Gasteiger partial charge is 0.444 e. The molecule has 2 fully saturated rings. The van der Waals surface area contributed by atoms with Crippen molar-refractivity contribution in [1.29, 1.82) is 0 Å². The van der Waals surface area contributed by atoms with E-state index in [0.717, 1.165) is 12.8 Å². The third-order valence-electron chi connectivity index (χ3n) is 8.01. The standard InChI is InChI=1S/C26H37Cl3FN5O3Si/c1-13(38-39(8,9)26(5,6)7)19-15-11-10-14(35(15)24(36)37-25(2,3)4)12-34(19)22-16-18(31-23(29)33-22)17(30)21(28)32-20(16)27/h13-15,19H,10-12H2,1-9H3/t13-,14+,15+,19-/m1/s1. The number of hydrogen-bond donors (Lipinski definition) is 0. The first-order chi connectivity index (χ1) is 17.8. The number of piperazine rings is 1. The Labute approximate surface area is 245 Å². The maximum Gasteiger partial charge on any atom is 0.410 e. The highest BCUT2D eigenvalue weighted by atomic mass is 35.5. The van der Waals surface area contributed by atoms with Crippen molar-refractivity contribution in [3.63, 3.8) is 0 Å². The predicted octanol–water partition coefficient (Wildman–Crippen LogP) is 7.49. The Morgan fingerprint density at radius 2 is 1.69 bits per heavy atom. The Bertz CT molecular complexity index is 1290. The first kappa shape index (κ1) is 30.5. The van der Waals surface area contributed by atoms with Gasteiger partial charge in [0.05, 0.1) is 29.6 Å². The molecule has 0 spiro atoms. The summed E-state index contributed by atoms with van der Waals surface area (Å²) < 4.78 is 27.8. The van der Waals surface area contributed by atoms with Crippen LogP contribution in [0.25, 0.3) is 10.9 Å². The molecule has 1 amide bonds. The first-order valence-electron chi connectivity index (χ1n) is 13.2. The van der Waals surface area contributed by atoms with Crippen LogP contribution >= 0.6 is 34.8 Å². The highest BCUT2D eigenvalue weighted by molar-refractivity contribution is 6.74. The molecule has 2 bridgehead atoms. The van der Waals surface area contributed by atoms with E-state index < -0.39 is 24.9 Å². The summed E-state index contributed by atoms with van der Waals surface area (Å²) in [6.45, 7) is 18.9. The molecular formula is C26H37Cl3FN5O3Si. The van der Waals surface area contributed by atoms with Gasteiger partial charge in [0.1, 0.15) is 22.1 Å². The van der Waals surface area contributed by atoms with Crippen LogP contribution < -0.4 is 4.90 Å². The number of halogens is 4. The van der Waals surface area contributed by atoms with E-state index >= 15 is 4.39 Å². The molecule has 2 aliphatic heterocycles. The number of anilines is 1. The molecule has 2 aliphatic rings. The smallest absolute Gasteiger partial charge is 0.410 e. The minimum absolute atomic E-state index is 0.0262. The molecule has 0 saturated carbocycles. The maximum absolute atomic E-state index is 15.1. The van der Waals surface area contributed by atoms with Crippen molar-refractivity contribution in [2.75, 3.05) is 11.4 Å². The van der Waals surface area contributed by atoms with Crippen LogP contribution in [0.15, 0.2) is 0 Å². The molecular weight excluding hydrogens is 584 g/mol. The van der Waals surface area contributed by atoms with Crippen LogP contribution in [-0.4, -0.2) is 70.6 Å². The molecule has 8 nitrogen and oxygen atoms in total. The van der Waals surface area contributed by atoms with Crippen LogP contribution in [0.4, 0.5) is 15.0 Å². The SMILES string of the molecule is C[C@@H](O[Si](C)(C)C(C)(C)C)[C@@H]1[C@@H]2CC[C@@H](CN1c1nc(Cl)nc3c(F)c(Cl)nc(Cl)c13)N2C(=O)OC(C)(C)C. The average Bonchev–Trinajstić information content (AvgIpc) is 3.08. The normalized spacial score (nSPS) is 22.9. The number of pyridine rings is 1. The number of fused-ring (bicyclic) bond motifs is 3. The number of ether oxygens (including phenoxy) is 1. The summed E-state index contributed by atoms with van der Waals surface area (Å²) in [5.74, 6) is -0.478. The lowest BCUT2D eigenvalue weighted by Gasteiger charge is -2.51. The molecule has 4 rings (SSSR count). The predicted molar refractivity (Wildman–Crippen MR) is 156 cm³/mol. The highest BCUT2D eigenvalue weighted by Gasteiger charge is 2.53. The van der Waals surface area contributed by atoms with E-state index in [4.69, 9.17) is 44.0 Å². The van der Waals surface area contributed by atoms with Crippen molar-refractivity contribution < 1.29 is 18.3 Å². The van der Waals surface area contributed by atoms with Crippen molar-refractivity contribution >= 4 is 65.9 Å². The molecule has 0 N–H and O–H groups in total. The van der Waals surface area contributed by atoms with Crippen molar-refractivity contribution in [1.82, 2.24) is 19.9 Å². The maximum atomic E-state index is 15.1. The molecule has 13 heteroatoms. The van der Waals surface area contributed by atoms with Crippen LogP contribution in [-0.2, 0) is 9.16 Å². The van der Waals surface area contributed by atoms with E-state index in [1.165, 1.54) is 0 Å². The topological polar surface area (TPSA) is 80.7 Å². The average molecular weight is 621 g/mol. The van der Waals surface area contributed by atoms with Gasteiger partial charge in [0.2, 0.25) is 5.28 Å². The van der Waals surface area contributed by atoms with Crippen LogP contribution in [0.3, 0.4) is 0 Å². The minimum Gasteiger partial charge on any atom is -0.444 e. The Hall–Kier alpha value is -1.46. The van der Waals surface area contributed by atoms with Gasteiger partial charge in [0, 0.05) is 6.54 Å². The van der Waals surface area contributed by atoms with Gasteiger partial charge in [0.25, 0.3) is 0 Å². The molecule has 0 unspecified atom stereocenters. The van der Waals surface area contributed by atoms with Crippen molar-refractivity contribution in [3.8, 4) is 0 Å². The van der Waals surface area contributed by atoms with Crippen molar-refractivity contribution in [2.45, 2.75) is 109 Å². The Morgan fingerprint density at radius 1 is 1.05 bits per heavy atom. The number of carbonyl (C=O) groups excluding carboxylic acids is 1. The fourth-order valence-electron chi connectivity index (χ4n) is 5.36. The lowest BCUT2D eigenvalue weighted by atomic mass is 9.97. The summed E-state index contributed by atoms with van der Waals surface area (Å²) in [7, 11) is -2.23. The summed E-state index contributed by atoms with van der Waals surface area (Å²) in [4.78, 5) is 29.9. The fraction of sp³-hybridized carbons (Fsp3) is 0.692. The summed E-state index contributed by atoms with van der Waals surface area (Å²) in [5.41, 5.74) is -0.743. The highest BCUT2D eigenvalue weighted by Crippen LogP contribution is 2.44. The van der Waals surface area contributed by atoms with Crippen LogP contribution in [0.2, 0.25) is 33.7 Å². The van der Waals surface area contributed by atoms with E-state index in [0.29, 0.717) is 12.4 Å². The quantitative estimate of drug-likeness (QED) is 0.199. The Morgan fingerprint density at radius 3 is 2.28 bits per heavy atom. The number of rotatable bonds is 4. The zero-order valence-corrected chi connectivity index (χ0v) is 27.2. The van der Waals surface area contributed by atoms with Crippen molar-refractivity contribution in [3.05, 3.63) is 21.4 Å². The minimum atomic E-state index is -2.23. The Kier molecular flexibility index (Phi) is 8.15. The molecule has 0 radical (unpaired) electrons. The molecule has 216 valence electrons. The summed E-state index contributed by atoms with van der Waals surface area (Å²) in [6.07, 6.45) is 0.834. The summed E-state index contributed by atoms with van der Waals surface area (Å²) in [6, 6.07) is -0.755. The molecule has 39 heavy (non-hydrogen) atoms. The first-order valence-corrected chi connectivity index (χ1v) is 17.2. The second kappa shape index (κ2) is 10.4. The summed E-state index contributed by atoms with van der Waals surface area (Å²) >= 11 is 18.8. The molecule has 4 atom stereocenters. The Balaban J connectivity index is 1.87. The van der Waals surface area contributed by atoms with Gasteiger partial charge in [-0.2, -0.15) is 4.98 Å². The molecule has 2 aromatic heterocycles. The van der Waals surface area contributed by atoms with Gasteiger partial charge in [-0.15, -0.1) is 0 Å². The van der Waals surface area contributed by atoms with E-state index in [2.05, 4.69) is 48.8 Å². The fourth-order valence-corrected chi connectivity index (χ4v) is 7.42. The second-order valence-electron chi connectivity index (χ2n) is 13.0. The number of amides is 1. The van der Waals surface area contributed by atoms with Gasteiger partial charge in [-0.3, -0.25) is 4.90 Å². The molecule has 2 saturated heterocycles. The van der Waals surface area contributed by atoms with E-state index in [-0.39, 0.29) is 56.7 Å². The molecule has 4 heterocycles. The van der Waals surface area contributed by atoms with Gasteiger partial charge in [-0.1, -0.05) is 44.0 Å². The lowest BCUT2D eigenvalue weighted by molar-refractivity contribution is -0.000167. The zero-order chi connectivity index (χ0) is 29.2. The van der Waals surface area contributed by atoms with Gasteiger partial charge < -0.3 is 14.1 Å². The monoisotopic (exact) mass is 619 g/mol. The van der Waals surface area contributed by atoms with Gasteiger partial charge >= 0.3 is 6.09 Å². The molecule has 0 aromatic carbocycles. The second-order valence-corrected chi connectivity index (χ2v) is 18.8. The van der Waals surface area contributed by atoms with Gasteiger partial charge in [-0.25, -0.2) is 19.2 Å². The number of carbonyl (C=O) groups is 1. The molecule has 2 aromatic rings. The van der Waals surface area contributed by atoms with Crippen molar-refractivity contribution in [2.24, 2.45) is 0 Å². The summed E-state index contributed by atoms with van der Waals surface area (Å²) in [5, 5.41) is -0.385. The van der Waals surface area contributed by atoms with E-state index in [9.17, 15) is 4.79 Å². The lowest BCUT2D eigenvalue weighted by Crippen LogP contribution is -2.66. The number of nitrogens with zero attached hydrogens (tertiary/aromatic N) is 5. The van der Waals surface area contributed by atoms with Crippen LogP contribution in [0.1, 0.15) is 61.3 Å². The molecule has 0 aliphatic carbocycles. The third kappa shape index (κ3) is 5.82. The van der Waals surface area contributed by atoms with E-state index in [1.54, 1.807) is 0 Å². The van der Waals surface area contributed by atoms with Crippen LogP contribution in [0, 0.1) is 5.82 Å². The number of aromatic nitrogens is 3. The van der Waals surface area contributed by atoms with Gasteiger partial charge in [-0.05, 0) is 70.3 Å². The third-order valence-corrected chi connectivity index (χ3v) is 13.3. The zero-order valence-electron chi connectivity index (χ0n) is 23.9. The van der Waals surface area contributed by atoms with Gasteiger partial charge in [0.15, 0.2) is 19.3 Å². The van der Waals surface area contributed by atoms with Crippen LogP contribution in [0.5, 0.6) is 0 Å². The van der Waals surface area contributed by atoms with E-state index in [1.807, 2.05) is 37.5 Å². The number of hydrogen-bond acceptors (Lipinski definition) is 7.